The Morgan fingerprint density at radius 1 is 0.964 bits per heavy atom. The molecule has 2 heterocycles. The Balaban J connectivity index is 1.61. The zero-order valence-electron chi connectivity index (χ0n) is 17.0. The number of nitrogens with one attached hydrogen (secondary N) is 1. The second kappa shape index (κ2) is 7.32. The molecule has 0 bridgehead atoms. The number of anilines is 1. The summed E-state index contributed by atoms with van der Waals surface area (Å²) in [6.07, 6.45) is 5.64. The summed E-state index contributed by atoms with van der Waals surface area (Å²) in [6.45, 7) is 4.96. The van der Waals surface area contributed by atoms with E-state index in [4.69, 9.17) is 4.98 Å². The summed E-state index contributed by atoms with van der Waals surface area (Å²) in [5.74, 6) is 1.65. The first-order chi connectivity index (χ1) is 13.5. The van der Waals surface area contributed by atoms with Crippen LogP contribution in [0.3, 0.4) is 0 Å². The van der Waals surface area contributed by atoms with Crippen molar-refractivity contribution in [3.63, 3.8) is 0 Å². The van der Waals surface area contributed by atoms with Crippen molar-refractivity contribution >= 4 is 5.82 Å². The molecule has 0 amide bonds. The fourth-order valence-electron chi connectivity index (χ4n) is 3.95. The lowest BCUT2D eigenvalue weighted by molar-refractivity contribution is 0.176. The lowest BCUT2D eigenvalue weighted by Gasteiger charge is -2.37. The van der Waals surface area contributed by atoms with Crippen LogP contribution in [0.15, 0.2) is 48.8 Å². The fraction of sp³-hybridized carbons (Fsp3) is 0.348. The van der Waals surface area contributed by atoms with E-state index in [1.165, 1.54) is 11.1 Å². The van der Waals surface area contributed by atoms with Crippen LogP contribution in [0.5, 0.6) is 0 Å². The minimum atomic E-state index is 0.0474. The Morgan fingerprint density at radius 3 is 2.21 bits per heavy atom. The van der Waals surface area contributed by atoms with Crippen LogP contribution < -0.4 is 5.32 Å². The average Bonchev–Trinajstić information content (AvgIpc) is 3.10. The van der Waals surface area contributed by atoms with Crippen LogP contribution in [-0.4, -0.2) is 46.0 Å². The molecule has 1 aliphatic rings. The molecule has 144 valence electrons. The standard InChI is InChI=1S/C23H27N5/c1-16-17(2)26-22(18-9-11-24-12-10-18)27-21(16)25-15-23(28(3)4)13-19-7-5-6-8-20(19)14-23/h5-12H,13-15H2,1-4H3,(H,25,26,27). The number of pyridine rings is 1. The van der Waals surface area contributed by atoms with Crippen molar-refractivity contribution in [1.82, 2.24) is 19.9 Å². The number of benzene rings is 1. The number of fused-ring (bicyclic) bond motifs is 1. The molecule has 28 heavy (non-hydrogen) atoms. The fourth-order valence-corrected chi connectivity index (χ4v) is 3.95. The van der Waals surface area contributed by atoms with E-state index in [1.54, 1.807) is 12.4 Å². The summed E-state index contributed by atoms with van der Waals surface area (Å²) in [5, 5.41) is 3.65. The number of hydrogen-bond donors (Lipinski definition) is 1. The van der Waals surface area contributed by atoms with E-state index in [1.807, 2.05) is 19.1 Å². The molecule has 4 rings (SSSR count). The predicted molar refractivity (Wildman–Crippen MR) is 113 cm³/mol. The van der Waals surface area contributed by atoms with Gasteiger partial charge in [0.05, 0.1) is 0 Å². The molecule has 1 aromatic carbocycles. The molecule has 0 fully saturated rings. The topological polar surface area (TPSA) is 53.9 Å². The Kier molecular flexibility index (Phi) is 4.85. The summed E-state index contributed by atoms with van der Waals surface area (Å²) in [6, 6.07) is 12.7. The van der Waals surface area contributed by atoms with Crippen LogP contribution in [-0.2, 0) is 12.8 Å². The molecule has 0 radical (unpaired) electrons. The Bertz CT molecular complexity index is 957. The van der Waals surface area contributed by atoms with Crippen LogP contribution in [0.25, 0.3) is 11.4 Å². The van der Waals surface area contributed by atoms with Crippen molar-refractivity contribution in [2.24, 2.45) is 0 Å². The van der Waals surface area contributed by atoms with Crippen molar-refractivity contribution < 1.29 is 0 Å². The molecule has 3 aromatic rings. The van der Waals surface area contributed by atoms with Gasteiger partial charge in [-0.1, -0.05) is 24.3 Å². The van der Waals surface area contributed by atoms with Crippen LogP contribution in [0, 0.1) is 13.8 Å². The minimum Gasteiger partial charge on any atom is -0.368 e. The molecule has 5 nitrogen and oxygen atoms in total. The van der Waals surface area contributed by atoms with Gasteiger partial charge in [-0.3, -0.25) is 4.98 Å². The molecule has 0 saturated heterocycles. The van der Waals surface area contributed by atoms with Crippen LogP contribution >= 0.6 is 0 Å². The third-order valence-electron chi connectivity index (χ3n) is 6.02. The van der Waals surface area contributed by atoms with Gasteiger partial charge in [-0.15, -0.1) is 0 Å². The van der Waals surface area contributed by atoms with Gasteiger partial charge in [0.25, 0.3) is 0 Å². The van der Waals surface area contributed by atoms with Crippen molar-refractivity contribution in [3.05, 3.63) is 71.2 Å². The Morgan fingerprint density at radius 2 is 1.61 bits per heavy atom. The molecule has 0 spiro atoms. The van der Waals surface area contributed by atoms with Crippen molar-refractivity contribution in [2.45, 2.75) is 32.2 Å². The molecule has 1 aliphatic carbocycles. The molecule has 0 atom stereocenters. The van der Waals surface area contributed by atoms with Gasteiger partial charge in [-0.05, 0) is 64.0 Å². The number of nitrogens with zero attached hydrogens (tertiary/aromatic N) is 4. The van der Waals surface area contributed by atoms with Crippen LogP contribution in [0.4, 0.5) is 5.82 Å². The summed E-state index contributed by atoms with van der Waals surface area (Å²) in [4.78, 5) is 16.0. The third-order valence-corrected chi connectivity index (χ3v) is 6.02. The molecule has 0 aliphatic heterocycles. The van der Waals surface area contributed by atoms with E-state index >= 15 is 0 Å². The monoisotopic (exact) mass is 373 g/mol. The zero-order chi connectivity index (χ0) is 19.7. The number of likely N-dealkylation sites (N-methyl/N-ethyl adjacent to an activating group) is 1. The van der Waals surface area contributed by atoms with E-state index in [9.17, 15) is 0 Å². The summed E-state index contributed by atoms with van der Waals surface area (Å²) in [7, 11) is 4.35. The first-order valence-electron chi connectivity index (χ1n) is 9.72. The highest BCUT2D eigenvalue weighted by Gasteiger charge is 2.39. The molecular weight excluding hydrogens is 346 g/mol. The quantitative estimate of drug-likeness (QED) is 0.740. The second-order valence-corrected chi connectivity index (χ2v) is 7.94. The normalized spacial score (nSPS) is 14.9. The number of hydrogen-bond acceptors (Lipinski definition) is 5. The summed E-state index contributed by atoms with van der Waals surface area (Å²) in [5.41, 5.74) is 6.03. The van der Waals surface area contributed by atoms with Gasteiger partial charge < -0.3 is 10.2 Å². The number of aromatic nitrogens is 3. The number of rotatable bonds is 5. The van der Waals surface area contributed by atoms with E-state index in [0.717, 1.165) is 47.8 Å². The lowest BCUT2D eigenvalue weighted by atomic mass is 9.94. The number of aryl methyl sites for hydroxylation is 1. The molecule has 0 saturated carbocycles. The zero-order valence-corrected chi connectivity index (χ0v) is 17.0. The van der Waals surface area contributed by atoms with Crippen LogP contribution in [0.2, 0.25) is 0 Å². The molecule has 0 unspecified atom stereocenters. The largest absolute Gasteiger partial charge is 0.368 e. The second-order valence-electron chi connectivity index (χ2n) is 7.94. The van der Waals surface area contributed by atoms with Crippen molar-refractivity contribution in [1.29, 1.82) is 0 Å². The van der Waals surface area contributed by atoms with Gasteiger partial charge in [0.1, 0.15) is 5.82 Å². The summed E-state index contributed by atoms with van der Waals surface area (Å²) >= 11 is 0. The van der Waals surface area contributed by atoms with Gasteiger partial charge in [0, 0.05) is 41.3 Å². The molecule has 1 N–H and O–H groups in total. The first-order valence-corrected chi connectivity index (χ1v) is 9.72. The smallest absolute Gasteiger partial charge is 0.161 e. The summed E-state index contributed by atoms with van der Waals surface area (Å²) < 4.78 is 0. The highest BCUT2D eigenvalue weighted by Crippen LogP contribution is 2.34. The van der Waals surface area contributed by atoms with Crippen molar-refractivity contribution in [3.8, 4) is 11.4 Å². The van der Waals surface area contributed by atoms with E-state index < -0.39 is 0 Å². The maximum absolute atomic E-state index is 4.84. The van der Waals surface area contributed by atoms with Crippen molar-refractivity contribution in [2.75, 3.05) is 26.0 Å². The van der Waals surface area contributed by atoms with Gasteiger partial charge in [-0.25, -0.2) is 9.97 Å². The highest BCUT2D eigenvalue weighted by molar-refractivity contribution is 5.59. The predicted octanol–water partition coefficient (Wildman–Crippen LogP) is 3.67. The minimum absolute atomic E-state index is 0.0474. The van der Waals surface area contributed by atoms with Gasteiger partial charge in [0.2, 0.25) is 0 Å². The van der Waals surface area contributed by atoms with E-state index in [-0.39, 0.29) is 5.54 Å². The SMILES string of the molecule is Cc1nc(-c2ccncc2)nc(NCC2(N(C)C)Cc3ccccc3C2)c1C. The Labute approximate surface area is 166 Å². The maximum atomic E-state index is 4.84. The first kappa shape index (κ1) is 18.6. The van der Waals surface area contributed by atoms with Gasteiger partial charge >= 0.3 is 0 Å². The average molecular weight is 374 g/mol. The van der Waals surface area contributed by atoms with Crippen LogP contribution in [0.1, 0.15) is 22.4 Å². The maximum Gasteiger partial charge on any atom is 0.161 e. The van der Waals surface area contributed by atoms with Gasteiger partial charge in [0.15, 0.2) is 5.82 Å². The molecular formula is C23H27N5. The Hall–Kier alpha value is -2.79. The lowest BCUT2D eigenvalue weighted by Crippen LogP contribution is -2.50. The van der Waals surface area contributed by atoms with E-state index in [2.05, 4.69) is 65.5 Å². The molecule has 2 aromatic heterocycles. The van der Waals surface area contributed by atoms with Gasteiger partial charge in [-0.2, -0.15) is 0 Å². The highest BCUT2D eigenvalue weighted by atomic mass is 15.2. The third kappa shape index (κ3) is 3.38. The molecule has 5 heteroatoms. The van der Waals surface area contributed by atoms with E-state index in [0.29, 0.717) is 0 Å².